The Bertz CT molecular complexity index is 82.1. The van der Waals surface area contributed by atoms with E-state index >= 15 is 0 Å². The SMILES string of the molecule is CC.CC.CC(C)(C)C(=O)Br. The average molecular weight is 225 g/mol. The van der Waals surface area contributed by atoms with E-state index in [9.17, 15) is 4.79 Å². The number of carbonyl (C=O) groups excluding carboxylic acids is 1. The third-order valence-electron chi connectivity index (χ3n) is 0.590. The van der Waals surface area contributed by atoms with Crippen LogP contribution in [0.1, 0.15) is 48.5 Å². The summed E-state index contributed by atoms with van der Waals surface area (Å²) in [7, 11) is 0. The molecule has 0 atom stereocenters. The Balaban J connectivity index is -0.000000138. The summed E-state index contributed by atoms with van der Waals surface area (Å²) in [5.74, 6) is 0. The molecular formula is C9H21BrO. The minimum absolute atomic E-state index is 0.0556. The molecule has 0 aliphatic carbocycles. The Morgan fingerprint density at radius 2 is 1.09 bits per heavy atom. The van der Waals surface area contributed by atoms with Gasteiger partial charge in [-0.1, -0.05) is 48.5 Å². The first-order valence-electron chi connectivity index (χ1n) is 4.14. The molecule has 0 fully saturated rings. The minimum Gasteiger partial charge on any atom is -0.286 e. The lowest BCUT2D eigenvalue weighted by molar-refractivity contribution is -0.116. The summed E-state index contributed by atoms with van der Waals surface area (Å²) in [6.07, 6.45) is 0. The first-order chi connectivity index (χ1) is 4.94. The van der Waals surface area contributed by atoms with Gasteiger partial charge in [-0.05, 0) is 15.9 Å². The third kappa shape index (κ3) is 17.8. The summed E-state index contributed by atoms with van der Waals surface area (Å²) < 4.78 is 0.0556. The lowest BCUT2D eigenvalue weighted by Gasteiger charge is -2.09. The highest BCUT2D eigenvalue weighted by Gasteiger charge is 2.16. The van der Waals surface area contributed by atoms with E-state index in [4.69, 9.17) is 0 Å². The molecule has 70 valence electrons. The van der Waals surface area contributed by atoms with Crippen molar-refractivity contribution in [2.75, 3.05) is 0 Å². The van der Waals surface area contributed by atoms with Crippen LogP contribution < -0.4 is 0 Å². The van der Waals surface area contributed by atoms with E-state index in [1.807, 2.05) is 48.5 Å². The van der Waals surface area contributed by atoms with Crippen LogP contribution >= 0.6 is 15.9 Å². The van der Waals surface area contributed by atoms with Crippen molar-refractivity contribution in [2.45, 2.75) is 48.5 Å². The molecule has 0 aromatic heterocycles. The van der Waals surface area contributed by atoms with Crippen molar-refractivity contribution in [3.05, 3.63) is 0 Å². The summed E-state index contributed by atoms with van der Waals surface area (Å²) in [6, 6.07) is 0. The van der Waals surface area contributed by atoms with Crippen molar-refractivity contribution in [1.82, 2.24) is 0 Å². The van der Waals surface area contributed by atoms with Crippen LogP contribution in [0.3, 0.4) is 0 Å². The molecule has 0 heterocycles. The van der Waals surface area contributed by atoms with Crippen molar-refractivity contribution in [3.63, 3.8) is 0 Å². The second-order valence-electron chi connectivity index (χ2n) is 2.52. The van der Waals surface area contributed by atoms with E-state index in [1.54, 1.807) is 0 Å². The largest absolute Gasteiger partial charge is 0.286 e. The molecule has 0 radical (unpaired) electrons. The van der Waals surface area contributed by atoms with Gasteiger partial charge in [0.1, 0.15) is 0 Å². The van der Waals surface area contributed by atoms with Crippen LogP contribution in [0, 0.1) is 5.41 Å². The summed E-state index contributed by atoms with van der Waals surface area (Å²) >= 11 is 2.86. The quantitative estimate of drug-likeness (QED) is 0.569. The van der Waals surface area contributed by atoms with E-state index in [2.05, 4.69) is 15.9 Å². The second kappa shape index (κ2) is 10.2. The Labute approximate surface area is 79.7 Å². The molecule has 0 bridgehead atoms. The summed E-state index contributed by atoms with van der Waals surface area (Å²) in [5, 5.41) is 0. The van der Waals surface area contributed by atoms with E-state index in [-0.39, 0.29) is 10.1 Å². The molecule has 0 N–H and O–H groups in total. The Morgan fingerprint density at radius 3 is 1.09 bits per heavy atom. The molecular weight excluding hydrogens is 204 g/mol. The van der Waals surface area contributed by atoms with Gasteiger partial charge in [0.05, 0.1) is 0 Å². The predicted octanol–water partition coefficient (Wildman–Crippen LogP) is 4.01. The zero-order valence-electron chi connectivity index (χ0n) is 8.79. The van der Waals surface area contributed by atoms with Gasteiger partial charge in [-0.25, -0.2) is 0 Å². The Kier molecular flexibility index (Phi) is 16.0. The normalized spacial score (nSPS) is 8.36. The van der Waals surface area contributed by atoms with Gasteiger partial charge in [-0.15, -0.1) is 0 Å². The summed E-state index contributed by atoms with van der Waals surface area (Å²) in [5.41, 5.74) is -0.222. The van der Waals surface area contributed by atoms with Gasteiger partial charge in [0, 0.05) is 5.41 Å². The first kappa shape index (κ1) is 17.3. The fourth-order valence-corrected chi connectivity index (χ4v) is 0. The highest BCUT2D eigenvalue weighted by atomic mass is 79.9. The van der Waals surface area contributed by atoms with Crippen LogP contribution in [0.5, 0.6) is 0 Å². The number of rotatable bonds is 0. The van der Waals surface area contributed by atoms with Gasteiger partial charge in [0.2, 0.25) is 4.69 Å². The molecule has 0 saturated heterocycles. The average Bonchev–Trinajstić information content (AvgIpc) is 1.95. The van der Waals surface area contributed by atoms with Gasteiger partial charge in [-0.2, -0.15) is 0 Å². The zero-order valence-corrected chi connectivity index (χ0v) is 10.4. The molecule has 0 spiro atoms. The lowest BCUT2D eigenvalue weighted by atomic mass is 10.00. The second-order valence-corrected chi connectivity index (χ2v) is 3.24. The van der Waals surface area contributed by atoms with E-state index in [0.29, 0.717) is 0 Å². The maximum atomic E-state index is 10.4. The van der Waals surface area contributed by atoms with Gasteiger partial charge in [0.15, 0.2) is 0 Å². The van der Waals surface area contributed by atoms with E-state index in [0.717, 1.165) is 0 Å². The molecule has 0 unspecified atom stereocenters. The van der Waals surface area contributed by atoms with Crippen LogP contribution in [0.4, 0.5) is 0 Å². The van der Waals surface area contributed by atoms with Gasteiger partial charge in [-0.3, -0.25) is 4.79 Å². The Hall–Kier alpha value is 0.150. The fraction of sp³-hybridized carbons (Fsp3) is 0.889. The smallest absolute Gasteiger partial charge is 0.203 e. The lowest BCUT2D eigenvalue weighted by Crippen LogP contribution is -2.12. The maximum Gasteiger partial charge on any atom is 0.203 e. The minimum atomic E-state index is -0.222. The van der Waals surface area contributed by atoms with E-state index < -0.39 is 0 Å². The van der Waals surface area contributed by atoms with Crippen molar-refractivity contribution >= 4 is 20.6 Å². The van der Waals surface area contributed by atoms with Crippen LogP contribution in [0.15, 0.2) is 0 Å². The van der Waals surface area contributed by atoms with Crippen LogP contribution in [0.25, 0.3) is 0 Å². The van der Waals surface area contributed by atoms with Crippen LogP contribution in [0.2, 0.25) is 0 Å². The number of halogens is 1. The summed E-state index contributed by atoms with van der Waals surface area (Å²) in [6.45, 7) is 13.6. The van der Waals surface area contributed by atoms with Crippen molar-refractivity contribution in [2.24, 2.45) is 5.41 Å². The molecule has 11 heavy (non-hydrogen) atoms. The molecule has 0 aliphatic rings. The molecule has 1 nitrogen and oxygen atoms in total. The molecule has 0 amide bonds. The standard InChI is InChI=1S/C5H9BrO.2C2H6/c1-5(2,3)4(6)7;2*1-2/h1-3H3;2*1-2H3. The monoisotopic (exact) mass is 224 g/mol. The highest BCUT2D eigenvalue weighted by Crippen LogP contribution is 2.17. The van der Waals surface area contributed by atoms with Gasteiger partial charge in [0.25, 0.3) is 0 Å². The number of hydrogen-bond donors (Lipinski definition) is 0. The van der Waals surface area contributed by atoms with E-state index in [1.165, 1.54) is 0 Å². The molecule has 0 rings (SSSR count). The molecule has 0 saturated carbocycles. The Morgan fingerprint density at radius 1 is 1.00 bits per heavy atom. The number of hydrogen-bond acceptors (Lipinski definition) is 1. The van der Waals surface area contributed by atoms with Crippen molar-refractivity contribution in [3.8, 4) is 0 Å². The van der Waals surface area contributed by atoms with Crippen LogP contribution in [-0.2, 0) is 4.79 Å². The predicted molar refractivity (Wildman–Crippen MR) is 56.1 cm³/mol. The van der Waals surface area contributed by atoms with Crippen molar-refractivity contribution in [1.29, 1.82) is 0 Å². The first-order valence-corrected chi connectivity index (χ1v) is 4.94. The fourth-order valence-electron chi connectivity index (χ4n) is 0. The van der Waals surface area contributed by atoms with Crippen LogP contribution in [-0.4, -0.2) is 4.69 Å². The zero-order chi connectivity index (χ0) is 10.1. The topological polar surface area (TPSA) is 17.1 Å². The van der Waals surface area contributed by atoms with Gasteiger partial charge >= 0.3 is 0 Å². The number of carbonyl (C=O) groups is 1. The maximum absolute atomic E-state index is 10.4. The molecule has 0 aliphatic heterocycles. The summed E-state index contributed by atoms with van der Waals surface area (Å²) in [4.78, 5) is 10.4. The third-order valence-corrected chi connectivity index (χ3v) is 1.78. The molecule has 0 aromatic rings. The molecule has 0 aromatic carbocycles. The van der Waals surface area contributed by atoms with Gasteiger partial charge < -0.3 is 0 Å². The van der Waals surface area contributed by atoms with Crippen molar-refractivity contribution < 1.29 is 4.79 Å². The molecule has 2 heteroatoms. The highest BCUT2D eigenvalue weighted by molar-refractivity contribution is 9.18.